The Morgan fingerprint density at radius 3 is 2.89 bits per heavy atom. The lowest BCUT2D eigenvalue weighted by atomic mass is 10.2. The molecule has 2 aromatic carbocycles. The number of methoxy groups -OCH3 is 1. The standard InChI is InChI=1S/C20H24N4O3/c1-26-17-9-3-2-8-16(17)24-20(21)22-13-14-6-4-7-15(12-14)23-19(25)18-10-5-11-27-18/h2-4,6-9,12,18H,5,10-11,13H2,1H3,(H,23,25)(H3,21,22,24). The molecule has 0 radical (unpaired) electrons. The van der Waals surface area contributed by atoms with Crippen LogP contribution in [0.5, 0.6) is 5.75 Å². The molecule has 7 nitrogen and oxygen atoms in total. The molecule has 142 valence electrons. The SMILES string of the molecule is COc1ccccc1NC(N)=NCc1cccc(NC(=O)C2CCCO2)c1. The molecular formula is C20H24N4O3. The summed E-state index contributed by atoms with van der Waals surface area (Å²) in [6, 6.07) is 15.0. The number of para-hydroxylation sites is 2. The highest BCUT2D eigenvalue weighted by molar-refractivity contribution is 5.94. The van der Waals surface area contributed by atoms with E-state index in [1.807, 2.05) is 48.5 Å². The molecule has 4 N–H and O–H groups in total. The van der Waals surface area contributed by atoms with Crippen molar-refractivity contribution in [2.75, 3.05) is 24.4 Å². The second-order valence-corrected chi connectivity index (χ2v) is 6.22. The number of hydrogen-bond acceptors (Lipinski definition) is 4. The summed E-state index contributed by atoms with van der Waals surface area (Å²) in [6.45, 7) is 1.03. The lowest BCUT2D eigenvalue weighted by Gasteiger charge is -2.11. The number of nitrogens with two attached hydrogens (primary N) is 1. The first-order chi connectivity index (χ1) is 13.2. The Bertz CT molecular complexity index is 816. The number of nitrogens with one attached hydrogen (secondary N) is 2. The summed E-state index contributed by atoms with van der Waals surface area (Å²) in [5.41, 5.74) is 8.38. The van der Waals surface area contributed by atoms with E-state index in [-0.39, 0.29) is 18.0 Å². The predicted octanol–water partition coefficient (Wildman–Crippen LogP) is 2.74. The average molecular weight is 368 g/mol. The van der Waals surface area contributed by atoms with Gasteiger partial charge in [-0.15, -0.1) is 0 Å². The highest BCUT2D eigenvalue weighted by atomic mass is 16.5. The van der Waals surface area contributed by atoms with Gasteiger partial charge in [-0.1, -0.05) is 24.3 Å². The second kappa shape index (κ2) is 9.05. The first-order valence-electron chi connectivity index (χ1n) is 8.87. The van der Waals surface area contributed by atoms with Gasteiger partial charge in [-0.2, -0.15) is 0 Å². The summed E-state index contributed by atoms with van der Waals surface area (Å²) in [5, 5.41) is 5.92. The maximum absolute atomic E-state index is 12.2. The normalized spacial score (nSPS) is 16.8. The first kappa shape index (κ1) is 18.7. The summed E-state index contributed by atoms with van der Waals surface area (Å²) in [6.07, 6.45) is 1.33. The minimum atomic E-state index is -0.354. The molecule has 1 amide bonds. The van der Waals surface area contributed by atoms with Gasteiger partial charge in [0.25, 0.3) is 5.91 Å². The van der Waals surface area contributed by atoms with Gasteiger partial charge < -0.3 is 25.8 Å². The maximum atomic E-state index is 12.2. The first-order valence-corrected chi connectivity index (χ1v) is 8.87. The van der Waals surface area contributed by atoms with Crippen molar-refractivity contribution in [3.05, 3.63) is 54.1 Å². The molecule has 0 spiro atoms. The van der Waals surface area contributed by atoms with E-state index in [9.17, 15) is 4.79 Å². The molecule has 1 aliphatic heterocycles. The van der Waals surface area contributed by atoms with Crippen LogP contribution < -0.4 is 21.1 Å². The lowest BCUT2D eigenvalue weighted by Crippen LogP contribution is -2.26. The van der Waals surface area contributed by atoms with Crippen molar-refractivity contribution in [1.82, 2.24) is 0 Å². The zero-order valence-electron chi connectivity index (χ0n) is 15.3. The zero-order chi connectivity index (χ0) is 19.1. The fourth-order valence-corrected chi connectivity index (χ4v) is 2.86. The number of benzene rings is 2. The minimum Gasteiger partial charge on any atom is -0.495 e. The molecule has 0 saturated carbocycles. The van der Waals surface area contributed by atoms with Crippen LogP contribution in [0.4, 0.5) is 11.4 Å². The fourth-order valence-electron chi connectivity index (χ4n) is 2.86. The molecule has 1 fully saturated rings. The van der Waals surface area contributed by atoms with Crippen LogP contribution in [0.1, 0.15) is 18.4 Å². The molecule has 2 aromatic rings. The number of ether oxygens (including phenoxy) is 2. The Labute approximate surface area is 158 Å². The van der Waals surface area contributed by atoms with E-state index in [4.69, 9.17) is 15.2 Å². The number of carbonyl (C=O) groups is 1. The monoisotopic (exact) mass is 368 g/mol. The lowest BCUT2D eigenvalue weighted by molar-refractivity contribution is -0.124. The van der Waals surface area contributed by atoms with Crippen LogP contribution in [0.25, 0.3) is 0 Å². The molecule has 3 rings (SSSR count). The molecule has 1 saturated heterocycles. The van der Waals surface area contributed by atoms with Gasteiger partial charge in [0, 0.05) is 12.3 Å². The number of nitrogens with zero attached hydrogens (tertiary/aromatic N) is 1. The Balaban J connectivity index is 1.60. The summed E-state index contributed by atoms with van der Waals surface area (Å²) in [5.74, 6) is 0.869. The largest absolute Gasteiger partial charge is 0.495 e. The van der Waals surface area contributed by atoms with Crippen molar-refractivity contribution in [3.8, 4) is 5.75 Å². The van der Waals surface area contributed by atoms with Crippen LogP contribution in [0.3, 0.4) is 0 Å². The molecule has 1 aliphatic rings. The number of amides is 1. The van der Waals surface area contributed by atoms with Gasteiger partial charge in [-0.3, -0.25) is 4.79 Å². The molecule has 1 atom stereocenters. The third kappa shape index (κ3) is 5.21. The van der Waals surface area contributed by atoms with E-state index in [1.54, 1.807) is 7.11 Å². The summed E-state index contributed by atoms with van der Waals surface area (Å²) < 4.78 is 10.7. The number of rotatable bonds is 6. The maximum Gasteiger partial charge on any atom is 0.253 e. The van der Waals surface area contributed by atoms with Gasteiger partial charge in [0.2, 0.25) is 0 Å². The van der Waals surface area contributed by atoms with Gasteiger partial charge in [-0.25, -0.2) is 4.99 Å². The third-order valence-electron chi connectivity index (χ3n) is 4.22. The van der Waals surface area contributed by atoms with Crippen molar-refractivity contribution in [1.29, 1.82) is 0 Å². The number of guanidine groups is 1. The van der Waals surface area contributed by atoms with E-state index in [2.05, 4.69) is 15.6 Å². The number of anilines is 2. The Kier molecular flexibility index (Phi) is 6.27. The molecule has 0 aliphatic carbocycles. The van der Waals surface area contributed by atoms with Crippen molar-refractivity contribution in [2.24, 2.45) is 10.7 Å². The van der Waals surface area contributed by atoms with Crippen molar-refractivity contribution >= 4 is 23.2 Å². The van der Waals surface area contributed by atoms with Gasteiger partial charge >= 0.3 is 0 Å². The summed E-state index contributed by atoms with van der Waals surface area (Å²) in [4.78, 5) is 16.5. The smallest absolute Gasteiger partial charge is 0.253 e. The van der Waals surface area contributed by atoms with E-state index in [1.165, 1.54) is 0 Å². The molecule has 0 aromatic heterocycles. The second-order valence-electron chi connectivity index (χ2n) is 6.22. The predicted molar refractivity (Wildman–Crippen MR) is 106 cm³/mol. The zero-order valence-corrected chi connectivity index (χ0v) is 15.3. The summed E-state index contributed by atoms with van der Waals surface area (Å²) >= 11 is 0. The number of aliphatic imine (C=N–C) groups is 1. The molecular weight excluding hydrogens is 344 g/mol. The van der Waals surface area contributed by atoms with E-state index < -0.39 is 0 Å². The highest BCUT2D eigenvalue weighted by Crippen LogP contribution is 2.22. The third-order valence-corrected chi connectivity index (χ3v) is 4.22. The van der Waals surface area contributed by atoms with Crippen molar-refractivity contribution in [2.45, 2.75) is 25.5 Å². The minimum absolute atomic E-state index is 0.106. The van der Waals surface area contributed by atoms with Crippen molar-refractivity contribution < 1.29 is 14.3 Å². The molecule has 7 heteroatoms. The topological polar surface area (TPSA) is 98.0 Å². The fraction of sp³-hybridized carbons (Fsp3) is 0.300. The average Bonchev–Trinajstić information content (AvgIpc) is 3.22. The quantitative estimate of drug-likeness (QED) is 0.538. The molecule has 27 heavy (non-hydrogen) atoms. The van der Waals surface area contributed by atoms with Crippen LogP contribution in [-0.4, -0.2) is 31.7 Å². The van der Waals surface area contributed by atoms with Gasteiger partial charge in [0.1, 0.15) is 11.9 Å². The van der Waals surface area contributed by atoms with Gasteiger partial charge in [0.15, 0.2) is 5.96 Å². The van der Waals surface area contributed by atoms with Crippen LogP contribution in [-0.2, 0) is 16.1 Å². The number of hydrogen-bond donors (Lipinski definition) is 3. The highest BCUT2D eigenvalue weighted by Gasteiger charge is 2.23. The number of carbonyl (C=O) groups excluding carboxylic acids is 1. The molecule has 0 bridgehead atoms. The van der Waals surface area contributed by atoms with Crippen molar-refractivity contribution in [3.63, 3.8) is 0 Å². The van der Waals surface area contributed by atoms with Crippen LogP contribution >= 0.6 is 0 Å². The van der Waals surface area contributed by atoms with E-state index in [0.29, 0.717) is 18.9 Å². The van der Waals surface area contributed by atoms with Gasteiger partial charge in [0.05, 0.1) is 19.3 Å². The van der Waals surface area contributed by atoms with E-state index >= 15 is 0 Å². The Hall–Kier alpha value is -3.06. The molecule has 1 heterocycles. The van der Waals surface area contributed by atoms with Crippen LogP contribution in [0.15, 0.2) is 53.5 Å². The van der Waals surface area contributed by atoms with E-state index in [0.717, 1.165) is 29.8 Å². The summed E-state index contributed by atoms with van der Waals surface area (Å²) in [7, 11) is 1.60. The Morgan fingerprint density at radius 1 is 1.26 bits per heavy atom. The van der Waals surface area contributed by atoms with Gasteiger partial charge in [-0.05, 0) is 42.7 Å². The van der Waals surface area contributed by atoms with Crippen LogP contribution in [0.2, 0.25) is 0 Å². The molecule has 1 unspecified atom stereocenters. The Morgan fingerprint density at radius 2 is 2.11 bits per heavy atom. The van der Waals surface area contributed by atoms with Crippen LogP contribution in [0, 0.1) is 0 Å².